The van der Waals surface area contributed by atoms with Gasteiger partial charge >= 0.3 is 6.03 Å². The van der Waals surface area contributed by atoms with Crippen molar-refractivity contribution in [3.8, 4) is 0 Å². The third kappa shape index (κ3) is 3.47. The van der Waals surface area contributed by atoms with Gasteiger partial charge in [-0.2, -0.15) is 0 Å². The van der Waals surface area contributed by atoms with Crippen LogP contribution < -0.4 is 14.9 Å². The standard InChI is InChI=1S/C16H16ClN3O3S/c1-24(22,23)20-9-8-11-10-12(6-7-15(11)20)18-16(21)19-14-5-3-2-4-13(14)17/h2-7,10H,8-9H2,1H3,(H2,18,19,21). The van der Waals surface area contributed by atoms with Crippen molar-refractivity contribution in [2.45, 2.75) is 6.42 Å². The van der Waals surface area contributed by atoms with Crippen LogP contribution in [0.25, 0.3) is 0 Å². The van der Waals surface area contributed by atoms with Gasteiger partial charge in [0.15, 0.2) is 0 Å². The van der Waals surface area contributed by atoms with Crippen molar-refractivity contribution in [1.82, 2.24) is 0 Å². The van der Waals surface area contributed by atoms with E-state index < -0.39 is 16.1 Å². The highest BCUT2D eigenvalue weighted by atomic mass is 35.5. The number of anilines is 3. The number of halogens is 1. The van der Waals surface area contributed by atoms with Crippen LogP contribution in [0.5, 0.6) is 0 Å². The van der Waals surface area contributed by atoms with E-state index >= 15 is 0 Å². The monoisotopic (exact) mass is 365 g/mol. The highest BCUT2D eigenvalue weighted by Gasteiger charge is 2.26. The van der Waals surface area contributed by atoms with E-state index in [1.54, 1.807) is 42.5 Å². The van der Waals surface area contributed by atoms with Crippen molar-refractivity contribution in [2.24, 2.45) is 0 Å². The minimum atomic E-state index is -3.28. The zero-order chi connectivity index (χ0) is 17.3. The largest absolute Gasteiger partial charge is 0.323 e. The molecule has 0 saturated carbocycles. The van der Waals surface area contributed by atoms with E-state index in [9.17, 15) is 13.2 Å². The highest BCUT2D eigenvalue weighted by molar-refractivity contribution is 7.92. The molecule has 2 amide bonds. The predicted molar refractivity (Wildman–Crippen MR) is 96.4 cm³/mol. The molecule has 6 nitrogen and oxygen atoms in total. The maximum absolute atomic E-state index is 12.1. The molecule has 0 atom stereocenters. The van der Waals surface area contributed by atoms with Gasteiger partial charge in [-0.25, -0.2) is 13.2 Å². The minimum Gasteiger partial charge on any atom is -0.308 e. The number of carbonyl (C=O) groups excluding carboxylic acids is 1. The fourth-order valence-electron chi connectivity index (χ4n) is 2.64. The van der Waals surface area contributed by atoms with Gasteiger partial charge in [-0.15, -0.1) is 0 Å². The van der Waals surface area contributed by atoms with Gasteiger partial charge in [0, 0.05) is 12.2 Å². The molecular formula is C16H16ClN3O3S. The summed E-state index contributed by atoms with van der Waals surface area (Å²) in [5, 5.41) is 5.84. The summed E-state index contributed by atoms with van der Waals surface area (Å²) in [7, 11) is -3.28. The van der Waals surface area contributed by atoms with Gasteiger partial charge in [0.25, 0.3) is 0 Å². The van der Waals surface area contributed by atoms with E-state index in [0.717, 1.165) is 5.56 Å². The highest BCUT2D eigenvalue weighted by Crippen LogP contribution is 2.32. The molecule has 1 heterocycles. The van der Waals surface area contributed by atoms with Gasteiger partial charge in [0.2, 0.25) is 10.0 Å². The van der Waals surface area contributed by atoms with Crippen LogP contribution in [0, 0.1) is 0 Å². The summed E-state index contributed by atoms with van der Waals surface area (Å²) in [6.07, 6.45) is 1.80. The topological polar surface area (TPSA) is 78.5 Å². The SMILES string of the molecule is CS(=O)(=O)N1CCc2cc(NC(=O)Nc3ccccc3Cl)ccc21. The van der Waals surface area contributed by atoms with Gasteiger partial charge in [-0.3, -0.25) is 4.31 Å². The Hall–Kier alpha value is -2.25. The van der Waals surface area contributed by atoms with Crippen molar-refractivity contribution in [3.05, 3.63) is 53.1 Å². The van der Waals surface area contributed by atoms with Crippen molar-refractivity contribution in [1.29, 1.82) is 0 Å². The molecule has 0 saturated heterocycles. The molecule has 2 aromatic rings. The first-order chi connectivity index (χ1) is 11.3. The molecule has 0 bridgehead atoms. The maximum atomic E-state index is 12.1. The molecule has 0 radical (unpaired) electrons. The summed E-state index contributed by atoms with van der Waals surface area (Å²) < 4.78 is 24.8. The van der Waals surface area contributed by atoms with Crippen LogP contribution in [0.3, 0.4) is 0 Å². The van der Waals surface area contributed by atoms with E-state index in [4.69, 9.17) is 11.6 Å². The molecule has 0 fully saturated rings. The summed E-state index contributed by atoms with van der Waals surface area (Å²) >= 11 is 6.00. The Morgan fingerprint density at radius 3 is 2.62 bits per heavy atom. The summed E-state index contributed by atoms with van der Waals surface area (Å²) in [6.45, 7) is 0.420. The first-order valence-corrected chi connectivity index (χ1v) is 9.50. The normalized spacial score (nSPS) is 13.5. The van der Waals surface area contributed by atoms with Gasteiger partial charge < -0.3 is 10.6 Å². The van der Waals surface area contributed by atoms with Gasteiger partial charge in [0.05, 0.1) is 22.7 Å². The van der Waals surface area contributed by atoms with Gasteiger partial charge in [-0.05, 0) is 42.3 Å². The number of fused-ring (bicyclic) bond motifs is 1. The summed E-state index contributed by atoms with van der Waals surface area (Å²) in [6, 6.07) is 11.7. The Kier molecular flexibility index (Phi) is 4.38. The Labute approximate surface area is 145 Å². The van der Waals surface area contributed by atoms with Crippen molar-refractivity contribution < 1.29 is 13.2 Å². The molecule has 2 N–H and O–H groups in total. The number of rotatable bonds is 3. The van der Waals surface area contributed by atoms with Crippen LogP contribution in [-0.4, -0.2) is 27.2 Å². The average Bonchev–Trinajstić information content (AvgIpc) is 2.93. The van der Waals surface area contributed by atoms with Crippen LogP contribution >= 0.6 is 11.6 Å². The first kappa shape index (κ1) is 16.6. The number of urea groups is 1. The number of hydrogen-bond donors (Lipinski definition) is 2. The molecule has 3 rings (SSSR count). The van der Waals surface area contributed by atoms with Crippen LogP contribution in [-0.2, 0) is 16.4 Å². The van der Waals surface area contributed by atoms with Crippen LogP contribution in [0.1, 0.15) is 5.56 Å². The molecule has 2 aromatic carbocycles. The number of carbonyl (C=O) groups is 1. The van der Waals surface area contributed by atoms with Gasteiger partial charge in [0.1, 0.15) is 0 Å². The lowest BCUT2D eigenvalue weighted by atomic mass is 10.1. The number of hydrogen-bond acceptors (Lipinski definition) is 3. The molecule has 0 spiro atoms. The lowest BCUT2D eigenvalue weighted by molar-refractivity contribution is 0.262. The summed E-state index contributed by atoms with van der Waals surface area (Å²) in [5.41, 5.74) is 2.65. The number of amides is 2. The molecule has 8 heteroatoms. The first-order valence-electron chi connectivity index (χ1n) is 7.28. The fraction of sp³-hybridized carbons (Fsp3) is 0.188. The van der Waals surface area contributed by atoms with Crippen LogP contribution in [0.2, 0.25) is 5.02 Å². The molecule has 0 unspecified atom stereocenters. The quantitative estimate of drug-likeness (QED) is 0.875. The van der Waals surface area contributed by atoms with Crippen LogP contribution in [0.4, 0.5) is 21.9 Å². The number of nitrogens with zero attached hydrogens (tertiary/aromatic N) is 1. The third-order valence-electron chi connectivity index (χ3n) is 3.71. The smallest absolute Gasteiger partial charge is 0.308 e. The lowest BCUT2D eigenvalue weighted by Gasteiger charge is -2.16. The maximum Gasteiger partial charge on any atom is 0.323 e. The van der Waals surface area contributed by atoms with Gasteiger partial charge in [-0.1, -0.05) is 23.7 Å². The number of nitrogens with one attached hydrogen (secondary N) is 2. The van der Waals surface area contributed by atoms with Crippen molar-refractivity contribution >= 4 is 44.7 Å². The van der Waals surface area contributed by atoms with E-state index in [1.165, 1.54) is 10.6 Å². The predicted octanol–water partition coefficient (Wildman–Crippen LogP) is 3.31. The molecule has 1 aliphatic heterocycles. The molecule has 0 aromatic heterocycles. The van der Waals surface area contributed by atoms with Crippen LogP contribution in [0.15, 0.2) is 42.5 Å². The van der Waals surface area contributed by atoms with Crippen molar-refractivity contribution in [3.63, 3.8) is 0 Å². The second-order valence-corrected chi connectivity index (χ2v) is 7.80. The third-order valence-corrected chi connectivity index (χ3v) is 5.22. The minimum absolute atomic E-state index is 0.416. The zero-order valence-electron chi connectivity index (χ0n) is 12.9. The molecule has 24 heavy (non-hydrogen) atoms. The van der Waals surface area contributed by atoms with Crippen molar-refractivity contribution in [2.75, 3.05) is 27.7 Å². The molecular weight excluding hydrogens is 350 g/mol. The Balaban J connectivity index is 1.73. The summed E-state index contributed by atoms with van der Waals surface area (Å²) in [5.74, 6) is 0. The zero-order valence-corrected chi connectivity index (χ0v) is 14.5. The van der Waals surface area contributed by atoms with E-state index in [1.807, 2.05) is 0 Å². The fourth-order valence-corrected chi connectivity index (χ4v) is 3.78. The molecule has 126 valence electrons. The Morgan fingerprint density at radius 1 is 1.17 bits per heavy atom. The molecule has 1 aliphatic rings. The Bertz CT molecular complexity index is 899. The van der Waals surface area contributed by atoms with E-state index in [0.29, 0.717) is 35.1 Å². The average molecular weight is 366 g/mol. The summed E-state index contributed by atoms with van der Waals surface area (Å²) in [4.78, 5) is 12.1. The number of sulfonamides is 1. The molecule has 0 aliphatic carbocycles. The number of para-hydroxylation sites is 1. The Morgan fingerprint density at radius 2 is 1.92 bits per heavy atom. The second-order valence-electron chi connectivity index (χ2n) is 5.49. The van der Waals surface area contributed by atoms with E-state index in [2.05, 4.69) is 10.6 Å². The second kappa shape index (κ2) is 6.33. The lowest BCUT2D eigenvalue weighted by Crippen LogP contribution is -2.27. The van der Waals surface area contributed by atoms with E-state index in [-0.39, 0.29) is 0 Å². The number of benzene rings is 2.